The number of hydrogen-bond acceptors (Lipinski definition) is 2. The molecule has 0 saturated heterocycles. The summed E-state index contributed by atoms with van der Waals surface area (Å²) in [6.45, 7) is 1.81. The van der Waals surface area contributed by atoms with Crippen LogP contribution in [0.15, 0.2) is 24.0 Å². The van der Waals surface area contributed by atoms with Crippen molar-refractivity contribution in [1.29, 1.82) is 0 Å². The van der Waals surface area contributed by atoms with Crippen LogP contribution in [0.2, 0.25) is 0 Å². The van der Waals surface area contributed by atoms with E-state index >= 15 is 0 Å². The highest BCUT2D eigenvalue weighted by Gasteiger charge is 2.44. The van der Waals surface area contributed by atoms with Gasteiger partial charge in [0.2, 0.25) is 0 Å². The summed E-state index contributed by atoms with van der Waals surface area (Å²) in [7, 11) is 0. The largest absolute Gasteiger partial charge is 0.491 e. The molecule has 3 rings (SSSR count). The lowest BCUT2D eigenvalue weighted by Crippen LogP contribution is -2.28. The average molecular weight is 282 g/mol. The van der Waals surface area contributed by atoms with Gasteiger partial charge in [-0.25, -0.2) is 4.79 Å². The molecule has 2 aliphatic rings. The number of alkyl halides is 3. The standard InChI is InChI=1S/C15H13F3O2/c1-8-11-6-5-9-3-2-4-10(13(9)11)7-12(8)20-14(19)15(16,17)18/h2-4,7-8,11H,5-6H2,1H3. The fraction of sp³-hybridized carbons (Fsp3) is 0.400. The lowest BCUT2D eigenvalue weighted by Gasteiger charge is -2.28. The fourth-order valence-electron chi connectivity index (χ4n) is 3.15. The van der Waals surface area contributed by atoms with Crippen molar-refractivity contribution in [2.75, 3.05) is 0 Å². The summed E-state index contributed by atoms with van der Waals surface area (Å²) in [5.74, 6) is -2.10. The highest BCUT2D eigenvalue weighted by Crippen LogP contribution is 2.47. The summed E-state index contributed by atoms with van der Waals surface area (Å²) in [6.07, 6.45) is -1.59. The van der Waals surface area contributed by atoms with Gasteiger partial charge in [0, 0.05) is 5.92 Å². The summed E-state index contributed by atoms with van der Waals surface area (Å²) < 4.78 is 41.5. The minimum atomic E-state index is -4.96. The van der Waals surface area contributed by atoms with E-state index in [0.717, 1.165) is 18.4 Å². The van der Waals surface area contributed by atoms with Crippen molar-refractivity contribution in [2.24, 2.45) is 5.92 Å². The SMILES string of the molecule is CC1C(OC(=O)C(F)(F)F)=Cc2cccc3c2C1CC3. The topological polar surface area (TPSA) is 26.3 Å². The van der Waals surface area contributed by atoms with Crippen LogP contribution in [-0.2, 0) is 16.0 Å². The summed E-state index contributed by atoms with van der Waals surface area (Å²) in [5, 5.41) is 0. The minimum Gasteiger partial charge on any atom is -0.424 e. The summed E-state index contributed by atoms with van der Waals surface area (Å²) >= 11 is 0. The molecule has 2 aliphatic carbocycles. The Kier molecular flexibility index (Phi) is 2.88. The third kappa shape index (κ3) is 2.01. The van der Waals surface area contributed by atoms with E-state index in [9.17, 15) is 18.0 Å². The molecule has 0 saturated carbocycles. The van der Waals surface area contributed by atoms with E-state index in [4.69, 9.17) is 0 Å². The van der Waals surface area contributed by atoms with Gasteiger partial charge in [-0.2, -0.15) is 13.2 Å². The molecular formula is C15H13F3O2. The molecule has 0 aliphatic heterocycles. The van der Waals surface area contributed by atoms with Crippen LogP contribution >= 0.6 is 0 Å². The first kappa shape index (κ1) is 13.2. The van der Waals surface area contributed by atoms with Crippen LogP contribution in [0.5, 0.6) is 0 Å². The number of esters is 1. The molecular weight excluding hydrogens is 269 g/mol. The van der Waals surface area contributed by atoms with Crippen molar-refractivity contribution in [1.82, 2.24) is 0 Å². The number of halogens is 3. The minimum absolute atomic E-state index is 0.115. The van der Waals surface area contributed by atoms with E-state index in [1.807, 2.05) is 25.1 Å². The Morgan fingerprint density at radius 1 is 1.35 bits per heavy atom. The second-order valence-corrected chi connectivity index (χ2v) is 5.29. The Balaban J connectivity index is 1.96. The molecule has 0 spiro atoms. The van der Waals surface area contributed by atoms with Gasteiger partial charge in [-0.1, -0.05) is 25.1 Å². The van der Waals surface area contributed by atoms with Crippen LogP contribution in [0, 0.1) is 5.92 Å². The van der Waals surface area contributed by atoms with E-state index in [0.29, 0.717) is 0 Å². The highest BCUT2D eigenvalue weighted by atomic mass is 19.4. The molecule has 0 fully saturated rings. The highest BCUT2D eigenvalue weighted by molar-refractivity contribution is 5.78. The molecule has 106 valence electrons. The Hall–Kier alpha value is -1.78. The fourth-order valence-corrected chi connectivity index (χ4v) is 3.15. The van der Waals surface area contributed by atoms with Crippen molar-refractivity contribution in [3.63, 3.8) is 0 Å². The van der Waals surface area contributed by atoms with E-state index in [-0.39, 0.29) is 17.6 Å². The third-order valence-corrected chi connectivity index (χ3v) is 4.12. The number of hydrogen-bond donors (Lipinski definition) is 0. The molecule has 0 heterocycles. The molecule has 1 aromatic carbocycles. The predicted molar refractivity (Wildman–Crippen MR) is 66.8 cm³/mol. The van der Waals surface area contributed by atoms with Gasteiger partial charge >= 0.3 is 12.1 Å². The van der Waals surface area contributed by atoms with Crippen molar-refractivity contribution < 1.29 is 22.7 Å². The maximum atomic E-state index is 12.3. The maximum Gasteiger partial charge on any atom is 0.491 e. The molecule has 0 radical (unpaired) electrons. The molecule has 20 heavy (non-hydrogen) atoms. The molecule has 0 bridgehead atoms. The number of aryl methyl sites for hydroxylation is 1. The number of carbonyl (C=O) groups excluding carboxylic acids is 1. The van der Waals surface area contributed by atoms with Crippen LogP contribution < -0.4 is 0 Å². The third-order valence-electron chi connectivity index (χ3n) is 4.12. The van der Waals surface area contributed by atoms with Crippen molar-refractivity contribution in [2.45, 2.75) is 31.9 Å². The monoisotopic (exact) mass is 282 g/mol. The molecule has 0 amide bonds. The van der Waals surface area contributed by atoms with Crippen LogP contribution in [0.25, 0.3) is 6.08 Å². The Bertz CT molecular complexity index is 602. The van der Waals surface area contributed by atoms with E-state index in [1.54, 1.807) is 6.08 Å². The zero-order valence-electron chi connectivity index (χ0n) is 10.8. The van der Waals surface area contributed by atoms with Gasteiger partial charge in [0.1, 0.15) is 5.76 Å². The van der Waals surface area contributed by atoms with Gasteiger partial charge in [-0.05, 0) is 41.5 Å². The van der Waals surface area contributed by atoms with Gasteiger partial charge in [0.05, 0.1) is 0 Å². The first-order valence-corrected chi connectivity index (χ1v) is 6.50. The molecule has 2 nitrogen and oxygen atoms in total. The van der Waals surface area contributed by atoms with Gasteiger partial charge in [0.25, 0.3) is 0 Å². The van der Waals surface area contributed by atoms with Gasteiger partial charge < -0.3 is 4.74 Å². The van der Waals surface area contributed by atoms with Crippen molar-refractivity contribution in [3.8, 4) is 0 Å². The summed E-state index contributed by atoms with van der Waals surface area (Å²) in [6, 6.07) is 5.78. The summed E-state index contributed by atoms with van der Waals surface area (Å²) in [4.78, 5) is 11.0. The second-order valence-electron chi connectivity index (χ2n) is 5.29. The molecule has 5 heteroatoms. The summed E-state index contributed by atoms with van der Waals surface area (Å²) in [5.41, 5.74) is 3.32. The zero-order valence-corrected chi connectivity index (χ0v) is 10.8. The van der Waals surface area contributed by atoms with Crippen LogP contribution in [0.1, 0.15) is 36.0 Å². The van der Waals surface area contributed by atoms with Crippen LogP contribution in [0.3, 0.4) is 0 Å². The first-order valence-electron chi connectivity index (χ1n) is 6.50. The predicted octanol–water partition coefficient (Wildman–Crippen LogP) is 3.81. The first-order chi connectivity index (χ1) is 9.38. The van der Waals surface area contributed by atoms with Gasteiger partial charge in [0.15, 0.2) is 0 Å². The number of rotatable bonds is 1. The van der Waals surface area contributed by atoms with Crippen molar-refractivity contribution >= 4 is 12.0 Å². The van der Waals surface area contributed by atoms with E-state index in [2.05, 4.69) is 4.74 Å². The van der Waals surface area contributed by atoms with Gasteiger partial charge in [-0.3, -0.25) is 0 Å². The molecule has 0 N–H and O–H groups in total. The average Bonchev–Trinajstić information content (AvgIpc) is 2.80. The van der Waals surface area contributed by atoms with E-state index < -0.39 is 12.1 Å². The van der Waals surface area contributed by atoms with E-state index in [1.165, 1.54) is 11.1 Å². The Morgan fingerprint density at radius 3 is 2.80 bits per heavy atom. The lowest BCUT2D eigenvalue weighted by atomic mass is 9.80. The number of ether oxygens (including phenoxy) is 1. The zero-order chi connectivity index (χ0) is 14.5. The number of allylic oxidation sites excluding steroid dienone is 1. The van der Waals surface area contributed by atoms with Crippen LogP contribution in [-0.4, -0.2) is 12.1 Å². The normalized spacial score (nSPS) is 24.1. The smallest absolute Gasteiger partial charge is 0.424 e. The second kappa shape index (κ2) is 4.36. The molecule has 2 atom stereocenters. The van der Waals surface area contributed by atoms with Crippen LogP contribution in [0.4, 0.5) is 13.2 Å². The Morgan fingerprint density at radius 2 is 2.10 bits per heavy atom. The quantitative estimate of drug-likeness (QED) is 0.732. The van der Waals surface area contributed by atoms with Gasteiger partial charge in [-0.15, -0.1) is 0 Å². The Labute approximate surface area is 114 Å². The van der Waals surface area contributed by atoms with Crippen molar-refractivity contribution in [3.05, 3.63) is 40.6 Å². The molecule has 1 aromatic rings. The molecule has 2 unspecified atom stereocenters. The number of carbonyl (C=O) groups is 1. The number of benzene rings is 1. The lowest BCUT2D eigenvalue weighted by molar-refractivity contribution is -0.196. The molecule has 0 aromatic heterocycles. The maximum absolute atomic E-state index is 12.3.